The van der Waals surface area contributed by atoms with E-state index >= 15 is 0 Å². The number of fused-ring (bicyclic) bond motifs is 1. The molecule has 0 amide bonds. The van der Waals surface area contributed by atoms with Crippen LogP contribution in [0.4, 0.5) is 0 Å². The molecular weight excluding hydrogens is 292 g/mol. The summed E-state index contributed by atoms with van der Waals surface area (Å²) in [6.07, 6.45) is 0.479. The van der Waals surface area contributed by atoms with Gasteiger partial charge in [0.15, 0.2) is 0 Å². The number of aliphatic hydroxyl groups excluding tert-OH is 1. The van der Waals surface area contributed by atoms with Crippen LogP contribution in [0.5, 0.6) is 0 Å². The van der Waals surface area contributed by atoms with Crippen LogP contribution in [0.15, 0.2) is 29.6 Å². The van der Waals surface area contributed by atoms with E-state index in [1.54, 1.807) is 11.3 Å². The molecule has 1 fully saturated rings. The van der Waals surface area contributed by atoms with E-state index in [4.69, 9.17) is 0 Å². The third-order valence-corrected chi connectivity index (χ3v) is 4.78. The van der Waals surface area contributed by atoms with E-state index in [2.05, 4.69) is 33.8 Å². The fourth-order valence-corrected chi connectivity index (χ4v) is 3.66. The van der Waals surface area contributed by atoms with Gasteiger partial charge in [0.1, 0.15) is 0 Å². The topological polar surface area (TPSA) is 35.5 Å². The van der Waals surface area contributed by atoms with E-state index in [0.717, 1.165) is 44.7 Å². The zero-order valence-corrected chi connectivity index (χ0v) is 13.1. The Morgan fingerprint density at radius 3 is 2.80 bits per heavy atom. The number of thiophene rings is 1. The summed E-state index contributed by atoms with van der Waals surface area (Å²) in [5, 5.41) is 17.1. The highest BCUT2D eigenvalue weighted by Gasteiger charge is 2.15. The fourth-order valence-electron chi connectivity index (χ4n) is 2.65. The number of hydrogen-bond acceptors (Lipinski definition) is 4. The molecule has 1 aromatic heterocycles. The van der Waals surface area contributed by atoms with Gasteiger partial charge in [0, 0.05) is 37.4 Å². The van der Waals surface area contributed by atoms with E-state index in [-0.39, 0.29) is 18.5 Å². The second-order valence-electron chi connectivity index (χ2n) is 5.08. The molecule has 1 saturated heterocycles. The molecule has 5 heteroatoms. The molecule has 3 rings (SSSR count). The van der Waals surface area contributed by atoms with E-state index in [0.29, 0.717) is 0 Å². The molecule has 3 nitrogen and oxygen atoms in total. The minimum absolute atomic E-state index is 0. The lowest BCUT2D eigenvalue weighted by Gasteiger charge is -2.27. The Bertz CT molecular complexity index is 539. The monoisotopic (exact) mass is 312 g/mol. The maximum Gasteiger partial charge on any atom is 0.0816 e. The summed E-state index contributed by atoms with van der Waals surface area (Å²) in [7, 11) is 0. The Labute approximate surface area is 130 Å². The van der Waals surface area contributed by atoms with Crippen molar-refractivity contribution in [3.8, 4) is 0 Å². The maximum absolute atomic E-state index is 10.4. The van der Waals surface area contributed by atoms with Gasteiger partial charge in [-0.1, -0.05) is 18.2 Å². The van der Waals surface area contributed by atoms with Crippen molar-refractivity contribution in [2.75, 3.05) is 32.7 Å². The third kappa shape index (κ3) is 3.51. The van der Waals surface area contributed by atoms with Crippen molar-refractivity contribution in [2.24, 2.45) is 0 Å². The zero-order valence-electron chi connectivity index (χ0n) is 11.4. The van der Waals surface area contributed by atoms with Gasteiger partial charge >= 0.3 is 0 Å². The van der Waals surface area contributed by atoms with Crippen LogP contribution < -0.4 is 5.32 Å². The smallest absolute Gasteiger partial charge is 0.0816 e. The van der Waals surface area contributed by atoms with Gasteiger partial charge in [-0.2, -0.15) is 0 Å². The van der Waals surface area contributed by atoms with Crippen molar-refractivity contribution in [3.63, 3.8) is 0 Å². The second-order valence-corrected chi connectivity index (χ2v) is 5.99. The molecule has 20 heavy (non-hydrogen) atoms. The number of nitrogens with zero attached hydrogens (tertiary/aromatic N) is 1. The summed E-state index contributed by atoms with van der Waals surface area (Å²) in [4.78, 5) is 2.42. The van der Waals surface area contributed by atoms with Gasteiger partial charge in [0.2, 0.25) is 0 Å². The number of nitrogens with one attached hydrogen (secondary N) is 1. The van der Waals surface area contributed by atoms with Crippen molar-refractivity contribution in [1.29, 1.82) is 0 Å². The van der Waals surface area contributed by atoms with Crippen molar-refractivity contribution in [1.82, 2.24) is 10.2 Å². The number of halogens is 1. The van der Waals surface area contributed by atoms with Crippen molar-refractivity contribution in [3.05, 3.63) is 35.2 Å². The van der Waals surface area contributed by atoms with Crippen LogP contribution in [-0.2, 0) is 0 Å². The molecule has 2 heterocycles. The summed E-state index contributed by atoms with van der Waals surface area (Å²) >= 11 is 1.72. The minimum Gasteiger partial charge on any atom is -0.388 e. The van der Waals surface area contributed by atoms with Gasteiger partial charge < -0.3 is 15.3 Å². The van der Waals surface area contributed by atoms with Gasteiger partial charge in [-0.15, -0.1) is 23.7 Å². The van der Waals surface area contributed by atoms with Crippen LogP contribution in [-0.4, -0.2) is 42.7 Å². The molecule has 1 atom stereocenters. The minimum atomic E-state index is -0.342. The molecule has 2 N–H and O–H groups in total. The van der Waals surface area contributed by atoms with Crippen molar-refractivity contribution < 1.29 is 5.11 Å². The van der Waals surface area contributed by atoms with E-state index in [1.165, 1.54) is 10.1 Å². The normalized spacial score (nSPS) is 17.9. The molecule has 1 aromatic carbocycles. The molecule has 1 aliphatic heterocycles. The van der Waals surface area contributed by atoms with E-state index in [1.807, 2.05) is 6.07 Å². The first kappa shape index (κ1) is 15.7. The Morgan fingerprint density at radius 2 is 2.00 bits per heavy atom. The first-order valence-electron chi connectivity index (χ1n) is 6.92. The Kier molecular flexibility index (Phi) is 5.81. The zero-order chi connectivity index (χ0) is 13.1. The second kappa shape index (κ2) is 7.38. The Balaban J connectivity index is 0.00000147. The first-order valence-corrected chi connectivity index (χ1v) is 7.80. The highest BCUT2D eigenvalue weighted by Crippen LogP contribution is 2.31. The van der Waals surface area contributed by atoms with Gasteiger partial charge in [-0.25, -0.2) is 0 Å². The maximum atomic E-state index is 10.4. The van der Waals surface area contributed by atoms with Gasteiger partial charge in [0.05, 0.1) is 6.10 Å². The Morgan fingerprint density at radius 1 is 1.25 bits per heavy atom. The average Bonchev–Trinajstić information content (AvgIpc) is 2.90. The lowest BCUT2D eigenvalue weighted by molar-refractivity contribution is 0.138. The molecule has 0 bridgehead atoms. The number of piperazine rings is 1. The molecule has 2 aromatic rings. The molecule has 110 valence electrons. The van der Waals surface area contributed by atoms with Gasteiger partial charge in [-0.05, 0) is 28.8 Å². The molecule has 0 radical (unpaired) electrons. The van der Waals surface area contributed by atoms with Crippen molar-refractivity contribution in [2.45, 2.75) is 12.5 Å². The summed E-state index contributed by atoms with van der Waals surface area (Å²) in [5.74, 6) is 0. The molecule has 1 aliphatic rings. The third-order valence-electron chi connectivity index (χ3n) is 3.80. The number of aliphatic hydroxyl groups is 1. The van der Waals surface area contributed by atoms with Crippen LogP contribution in [0.25, 0.3) is 10.1 Å². The standard InChI is InChI=1S/C15H20N2OS.ClH/c18-14(5-8-17-9-6-16-7-10-17)13-11-19-15-4-2-1-3-12(13)15;/h1-4,11,14,16,18H,5-10H2;1H. The summed E-state index contributed by atoms with van der Waals surface area (Å²) in [5.41, 5.74) is 1.09. The number of rotatable bonds is 4. The fraction of sp³-hybridized carbons (Fsp3) is 0.467. The molecule has 0 aliphatic carbocycles. The van der Waals surface area contributed by atoms with Gasteiger partial charge in [0.25, 0.3) is 0 Å². The summed E-state index contributed by atoms with van der Waals surface area (Å²) in [6.45, 7) is 5.30. The van der Waals surface area contributed by atoms with E-state index in [9.17, 15) is 5.11 Å². The predicted molar refractivity (Wildman–Crippen MR) is 88.0 cm³/mol. The first-order chi connectivity index (χ1) is 9.34. The van der Waals surface area contributed by atoms with Crippen molar-refractivity contribution >= 4 is 33.8 Å². The van der Waals surface area contributed by atoms with Crippen LogP contribution in [0.2, 0.25) is 0 Å². The van der Waals surface area contributed by atoms with Gasteiger partial charge in [-0.3, -0.25) is 0 Å². The highest BCUT2D eigenvalue weighted by atomic mass is 35.5. The molecular formula is C15H21ClN2OS. The number of hydrogen-bond donors (Lipinski definition) is 2. The molecule has 0 spiro atoms. The number of benzene rings is 1. The SMILES string of the molecule is Cl.OC(CCN1CCNCC1)c1csc2ccccc12. The largest absolute Gasteiger partial charge is 0.388 e. The van der Waals surface area contributed by atoms with Crippen LogP contribution in [0, 0.1) is 0 Å². The average molecular weight is 313 g/mol. The highest BCUT2D eigenvalue weighted by molar-refractivity contribution is 7.17. The van der Waals surface area contributed by atoms with Crippen LogP contribution >= 0.6 is 23.7 Å². The lowest BCUT2D eigenvalue weighted by atomic mass is 10.1. The molecule has 0 saturated carbocycles. The quantitative estimate of drug-likeness (QED) is 0.911. The summed E-state index contributed by atoms with van der Waals surface area (Å²) in [6, 6.07) is 8.32. The van der Waals surface area contributed by atoms with E-state index < -0.39 is 0 Å². The summed E-state index contributed by atoms with van der Waals surface area (Å²) < 4.78 is 1.26. The predicted octanol–water partition coefficient (Wildman–Crippen LogP) is 2.65. The Hall–Kier alpha value is -0.650. The van der Waals surface area contributed by atoms with Crippen LogP contribution in [0.3, 0.4) is 0 Å². The lowest BCUT2D eigenvalue weighted by Crippen LogP contribution is -2.44. The van der Waals surface area contributed by atoms with Crippen LogP contribution in [0.1, 0.15) is 18.1 Å². The molecule has 1 unspecified atom stereocenters.